The first kappa shape index (κ1) is 26.1. The predicted molar refractivity (Wildman–Crippen MR) is 144 cm³/mol. The van der Waals surface area contributed by atoms with Crippen LogP contribution in [0, 0.1) is 18.3 Å². The van der Waals surface area contributed by atoms with E-state index in [1.807, 2.05) is 13.0 Å². The number of amides is 1. The number of H-pyrrole nitrogens is 1. The zero-order chi connectivity index (χ0) is 26.5. The molecule has 1 aromatic heterocycles. The molecule has 1 N–H and O–H groups in total. The summed E-state index contributed by atoms with van der Waals surface area (Å²) in [6.07, 6.45) is 8.02. The van der Waals surface area contributed by atoms with Crippen molar-refractivity contribution in [1.82, 2.24) is 20.1 Å². The molecule has 0 unspecified atom stereocenters. The second-order valence-electron chi connectivity index (χ2n) is 10.5. The Labute approximate surface area is 224 Å². The third-order valence-electron chi connectivity index (χ3n) is 8.04. The van der Waals surface area contributed by atoms with E-state index >= 15 is 4.39 Å². The quantitative estimate of drug-likeness (QED) is 0.454. The molecule has 7 nitrogen and oxygen atoms in total. The number of carbonyl (C=O) groups is 1. The summed E-state index contributed by atoms with van der Waals surface area (Å²) in [5, 5.41) is 15.9. The Balaban J connectivity index is 0.000000530. The van der Waals surface area contributed by atoms with E-state index in [2.05, 4.69) is 27.3 Å². The smallest absolute Gasteiger partial charge is 0.254 e. The average Bonchev–Trinajstić information content (AvgIpc) is 3.66. The van der Waals surface area contributed by atoms with Crippen LogP contribution in [0.1, 0.15) is 84.9 Å². The number of aromatic amines is 1. The molecular weight excluding hydrogens is 481 g/mol. The van der Waals surface area contributed by atoms with Gasteiger partial charge in [-0.25, -0.2) is 9.37 Å². The van der Waals surface area contributed by atoms with Gasteiger partial charge < -0.3 is 9.64 Å². The molecule has 1 amide bonds. The number of aromatic nitrogens is 3. The van der Waals surface area contributed by atoms with Crippen molar-refractivity contribution in [2.24, 2.45) is 0 Å². The molecule has 3 aromatic rings. The highest BCUT2D eigenvalue weighted by molar-refractivity contribution is 5.97. The molecule has 2 aliphatic heterocycles. The summed E-state index contributed by atoms with van der Waals surface area (Å²) in [6.45, 7) is 4.66. The molecule has 2 aromatic carbocycles. The first-order chi connectivity index (χ1) is 18.5. The van der Waals surface area contributed by atoms with Crippen molar-refractivity contribution in [2.45, 2.75) is 63.5 Å². The van der Waals surface area contributed by atoms with Crippen LogP contribution < -0.4 is 0 Å². The molecule has 0 spiro atoms. The number of nitrogens with one attached hydrogen (secondary N) is 1. The molecule has 0 radical (unpaired) electrons. The number of likely N-dealkylation sites (tertiary alicyclic amines) is 1. The van der Waals surface area contributed by atoms with Gasteiger partial charge >= 0.3 is 0 Å². The first-order valence-electron chi connectivity index (χ1n) is 13.6. The van der Waals surface area contributed by atoms with Gasteiger partial charge in [0.25, 0.3) is 5.91 Å². The third kappa shape index (κ3) is 5.48. The number of carbonyl (C=O) groups excluding carboxylic acids is 1. The van der Waals surface area contributed by atoms with Crippen LogP contribution in [0.25, 0.3) is 11.4 Å². The minimum atomic E-state index is -1.49. The highest BCUT2D eigenvalue weighted by atomic mass is 19.1. The minimum Gasteiger partial charge on any atom is -0.381 e. The topological polar surface area (TPSA) is 94.9 Å². The normalized spacial score (nSPS) is 18.7. The van der Waals surface area contributed by atoms with E-state index in [9.17, 15) is 4.79 Å². The SMILES string of the molecule is C1CCOC1.Cc1cc(C2CCC2)c(-c2ncn[nH]2)cc1C(=O)N1CCC(F)(c2ccc(C#N)cc2)CC1.[HH]. The maximum Gasteiger partial charge on any atom is 0.254 e. The Hall–Kier alpha value is -3.57. The number of benzene rings is 2. The van der Waals surface area contributed by atoms with E-state index in [-0.39, 0.29) is 20.2 Å². The fraction of sp³-hybridized carbons (Fsp3) is 0.467. The van der Waals surface area contributed by atoms with Crippen LogP contribution in [-0.2, 0) is 10.4 Å². The van der Waals surface area contributed by atoms with E-state index in [4.69, 9.17) is 10.00 Å². The van der Waals surface area contributed by atoms with Crippen molar-refractivity contribution >= 4 is 5.91 Å². The molecule has 0 atom stereocenters. The monoisotopic (exact) mass is 517 g/mol. The number of ether oxygens (including phenoxy) is 1. The second-order valence-corrected chi connectivity index (χ2v) is 10.5. The van der Waals surface area contributed by atoms with E-state index in [0.29, 0.717) is 41.5 Å². The molecule has 1 saturated carbocycles. The summed E-state index contributed by atoms with van der Waals surface area (Å²) >= 11 is 0. The molecule has 3 heterocycles. The highest BCUT2D eigenvalue weighted by Gasteiger charge is 2.38. The van der Waals surface area contributed by atoms with Crippen molar-refractivity contribution < 1.29 is 15.3 Å². The van der Waals surface area contributed by atoms with Crippen LogP contribution in [-0.4, -0.2) is 52.3 Å². The average molecular weight is 518 g/mol. The summed E-state index contributed by atoms with van der Waals surface area (Å²) in [4.78, 5) is 19.5. The van der Waals surface area contributed by atoms with Crippen molar-refractivity contribution in [2.75, 3.05) is 26.3 Å². The number of aryl methyl sites for hydroxylation is 1. The number of hydrogen-bond acceptors (Lipinski definition) is 5. The lowest BCUT2D eigenvalue weighted by atomic mass is 9.77. The second kappa shape index (κ2) is 11.4. The van der Waals surface area contributed by atoms with E-state index in [0.717, 1.165) is 37.2 Å². The Morgan fingerprint density at radius 1 is 1.16 bits per heavy atom. The van der Waals surface area contributed by atoms with Gasteiger partial charge in [-0.15, -0.1) is 0 Å². The van der Waals surface area contributed by atoms with Gasteiger partial charge in [-0.2, -0.15) is 10.4 Å². The Kier molecular flexibility index (Phi) is 7.85. The summed E-state index contributed by atoms with van der Waals surface area (Å²) in [5.41, 5.74) is 3.32. The van der Waals surface area contributed by atoms with Gasteiger partial charge in [0.1, 0.15) is 12.0 Å². The van der Waals surface area contributed by atoms with Crippen LogP contribution >= 0.6 is 0 Å². The lowest BCUT2D eigenvalue weighted by Crippen LogP contribution is -2.43. The van der Waals surface area contributed by atoms with E-state index in [1.165, 1.54) is 31.2 Å². The van der Waals surface area contributed by atoms with Gasteiger partial charge in [0, 0.05) is 51.7 Å². The van der Waals surface area contributed by atoms with Crippen molar-refractivity contribution in [1.29, 1.82) is 5.26 Å². The van der Waals surface area contributed by atoms with Gasteiger partial charge in [0.05, 0.1) is 11.6 Å². The molecule has 0 bridgehead atoms. The predicted octanol–water partition coefficient (Wildman–Crippen LogP) is 6.06. The summed E-state index contributed by atoms with van der Waals surface area (Å²) in [6, 6.07) is 12.8. The summed E-state index contributed by atoms with van der Waals surface area (Å²) in [5.74, 6) is 1.09. The van der Waals surface area contributed by atoms with Crippen molar-refractivity contribution in [3.8, 4) is 17.5 Å². The Bertz CT molecular complexity index is 1280. The zero-order valence-electron chi connectivity index (χ0n) is 21.9. The van der Waals surface area contributed by atoms with Gasteiger partial charge in [0.2, 0.25) is 0 Å². The molecule has 1 aliphatic carbocycles. The van der Waals surface area contributed by atoms with Gasteiger partial charge in [-0.1, -0.05) is 24.6 Å². The number of nitriles is 1. The van der Waals surface area contributed by atoms with Crippen LogP contribution in [0.15, 0.2) is 42.7 Å². The highest BCUT2D eigenvalue weighted by Crippen LogP contribution is 2.42. The fourth-order valence-corrected chi connectivity index (χ4v) is 5.44. The molecule has 3 aliphatic rings. The fourth-order valence-electron chi connectivity index (χ4n) is 5.44. The Morgan fingerprint density at radius 2 is 1.87 bits per heavy atom. The van der Waals surface area contributed by atoms with Gasteiger partial charge in [0.15, 0.2) is 5.82 Å². The third-order valence-corrected chi connectivity index (χ3v) is 8.04. The Morgan fingerprint density at radius 3 is 2.39 bits per heavy atom. The van der Waals surface area contributed by atoms with Crippen LogP contribution in [0.5, 0.6) is 0 Å². The lowest BCUT2D eigenvalue weighted by molar-refractivity contribution is 0.0421. The van der Waals surface area contributed by atoms with E-state index < -0.39 is 5.67 Å². The number of alkyl halides is 1. The summed E-state index contributed by atoms with van der Waals surface area (Å²) < 4.78 is 20.6. The molecule has 3 fully saturated rings. The molecule has 200 valence electrons. The van der Waals surface area contributed by atoms with Crippen LogP contribution in [0.2, 0.25) is 0 Å². The first-order valence-corrected chi connectivity index (χ1v) is 13.6. The van der Waals surface area contributed by atoms with Crippen molar-refractivity contribution in [3.63, 3.8) is 0 Å². The van der Waals surface area contributed by atoms with Crippen molar-refractivity contribution in [3.05, 3.63) is 70.5 Å². The summed E-state index contributed by atoms with van der Waals surface area (Å²) in [7, 11) is 0. The lowest BCUT2D eigenvalue weighted by Gasteiger charge is -2.37. The van der Waals surface area contributed by atoms with Gasteiger partial charge in [-0.3, -0.25) is 9.89 Å². The minimum absolute atomic E-state index is 0. The number of nitrogens with zero attached hydrogens (tertiary/aromatic N) is 4. The van der Waals surface area contributed by atoms with E-state index in [1.54, 1.807) is 29.2 Å². The molecule has 6 rings (SSSR count). The number of halogens is 1. The van der Waals surface area contributed by atoms with Crippen LogP contribution in [0.4, 0.5) is 4.39 Å². The molecule has 38 heavy (non-hydrogen) atoms. The number of rotatable bonds is 4. The maximum atomic E-state index is 15.7. The van der Waals surface area contributed by atoms with Crippen LogP contribution in [0.3, 0.4) is 0 Å². The molecule has 2 saturated heterocycles. The largest absolute Gasteiger partial charge is 0.381 e. The molecular formula is C30H36FN5O2. The maximum absolute atomic E-state index is 15.7. The number of piperidine rings is 1. The standard InChI is InChI=1S/C26H26FN5O.C4H8O.H2/c1-17-13-22(19-3-2-4-19)23(24-29-16-30-31-24)14-21(17)25(33)32-11-9-26(27,10-12-32)20-7-5-18(15-28)6-8-20;1-2-4-5-3-1;/h5-8,13-14,16,19H,2-4,9-12H2,1H3,(H,29,30,31);1-4H2;1H. The molecule has 8 heteroatoms. The number of hydrogen-bond donors (Lipinski definition) is 1. The van der Waals surface area contributed by atoms with Gasteiger partial charge in [-0.05, 0) is 73.4 Å². The zero-order valence-corrected chi connectivity index (χ0v) is 21.9.